The van der Waals surface area contributed by atoms with Crippen LogP contribution < -0.4 is 10.6 Å². The molecule has 160 valence electrons. The highest BCUT2D eigenvalue weighted by Crippen LogP contribution is 2.26. The number of likely N-dealkylation sites (N-methyl/N-ethyl adjacent to an activating group) is 1. The number of carbonyl (C=O) groups excluding carboxylic acids is 2. The van der Waals surface area contributed by atoms with Crippen molar-refractivity contribution < 1.29 is 9.59 Å². The smallest absolute Gasteiger partial charge is 0.256 e. The molecular formula is C26H29N3O2. The Hall–Kier alpha value is -3.60. The second-order valence-electron chi connectivity index (χ2n) is 7.89. The minimum atomic E-state index is -0.229. The van der Waals surface area contributed by atoms with Gasteiger partial charge in [-0.15, -0.1) is 0 Å². The van der Waals surface area contributed by atoms with E-state index in [0.717, 1.165) is 28.1 Å². The highest BCUT2D eigenvalue weighted by atomic mass is 16.2. The summed E-state index contributed by atoms with van der Waals surface area (Å²) in [7, 11) is 1.64. The molecule has 0 unspecified atom stereocenters. The molecule has 0 fully saturated rings. The highest BCUT2D eigenvalue weighted by molar-refractivity contribution is 6.03. The van der Waals surface area contributed by atoms with E-state index in [1.54, 1.807) is 13.1 Å². The fourth-order valence-corrected chi connectivity index (χ4v) is 3.49. The fraction of sp³-hybridized carbons (Fsp3) is 0.231. The van der Waals surface area contributed by atoms with Gasteiger partial charge >= 0.3 is 0 Å². The number of nitrogens with zero attached hydrogens (tertiary/aromatic N) is 1. The van der Waals surface area contributed by atoms with E-state index in [0.29, 0.717) is 11.3 Å². The molecular weight excluding hydrogens is 386 g/mol. The molecule has 0 spiro atoms. The Kier molecular flexibility index (Phi) is 6.75. The van der Waals surface area contributed by atoms with Crippen molar-refractivity contribution >= 4 is 28.9 Å². The predicted octanol–water partition coefficient (Wildman–Crippen LogP) is 5.37. The van der Waals surface area contributed by atoms with Gasteiger partial charge in [-0.3, -0.25) is 9.59 Å². The molecule has 0 aliphatic rings. The van der Waals surface area contributed by atoms with Gasteiger partial charge in [0.2, 0.25) is 5.91 Å². The molecule has 2 N–H and O–H groups in total. The SMILES string of the molecule is Cc1cccc(Nc2ccccc2C(=O)N(C)CC(=O)Nc2c(C)cccc2C)c1C. The molecule has 0 heterocycles. The van der Waals surface area contributed by atoms with E-state index >= 15 is 0 Å². The van der Waals surface area contributed by atoms with Gasteiger partial charge in [0, 0.05) is 18.4 Å². The van der Waals surface area contributed by atoms with Gasteiger partial charge in [-0.2, -0.15) is 0 Å². The number of benzene rings is 3. The maximum atomic E-state index is 13.1. The van der Waals surface area contributed by atoms with Crippen LogP contribution in [0.3, 0.4) is 0 Å². The molecule has 0 radical (unpaired) electrons. The molecule has 3 rings (SSSR count). The van der Waals surface area contributed by atoms with Crippen LogP contribution in [0, 0.1) is 27.7 Å². The summed E-state index contributed by atoms with van der Waals surface area (Å²) < 4.78 is 0. The van der Waals surface area contributed by atoms with Crippen molar-refractivity contribution in [2.24, 2.45) is 0 Å². The molecule has 0 bridgehead atoms. The number of rotatable bonds is 6. The van der Waals surface area contributed by atoms with Crippen LogP contribution in [0.1, 0.15) is 32.6 Å². The molecule has 0 aromatic heterocycles. The monoisotopic (exact) mass is 415 g/mol. The average molecular weight is 416 g/mol. The van der Waals surface area contributed by atoms with E-state index in [9.17, 15) is 9.59 Å². The standard InChI is InChI=1S/C26H29N3O2/c1-17-10-9-15-22(20(17)4)27-23-14-7-6-13-21(23)26(31)29(5)16-24(30)28-25-18(2)11-8-12-19(25)3/h6-15,27H,16H2,1-5H3,(H,28,30). The van der Waals surface area contributed by atoms with Crippen LogP contribution >= 0.6 is 0 Å². The zero-order valence-corrected chi connectivity index (χ0v) is 18.7. The minimum absolute atomic E-state index is 0.0373. The fourth-order valence-electron chi connectivity index (χ4n) is 3.49. The van der Waals surface area contributed by atoms with Crippen LogP contribution in [0.5, 0.6) is 0 Å². The van der Waals surface area contributed by atoms with Crippen molar-refractivity contribution in [1.29, 1.82) is 0 Å². The molecule has 31 heavy (non-hydrogen) atoms. The number of nitrogens with one attached hydrogen (secondary N) is 2. The zero-order valence-electron chi connectivity index (χ0n) is 18.7. The number of hydrogen-bond acceptors (Lipinski definition) is 3. The summed E-state index contributed by atoms with van der Waals surface area (Å²) in [6.45, 7) is 7.97. The van der Waals surface area contributed by atoms with E-state index in [1.165, 1.54) is 10.5 Å². The molecule has 5 nitrogen and oxygen atoms in total. The van der Waals surface area contributed by atoms with Gasteiger partial charge < -0.3 is 15.5 Å². The van der Waals surface area contributed by atoms with Crippen LogP contribution in [0.2, 0.25) is 0 Å². The molecule has 0 aliphatic heterocycles. The number of amides is 2. The van der Waals surface area contributed by atoms with Gasteiger partial charge in [0.05, 0.1) is 17.8 Å². The van der Waals surface area contributed by atoms with E-state index in [1.807, 2.05) is 69.3 Å². The van der Waals surface area contributed by atoms with Crippen LogP contribution in [-0.2, 0) is 4.79 Å². The largest absolute Gasteiger partial charge is 0.355 e. The van der Waals surface area contributed by atoms with Crippen LogP contribution in [-0.4, -0.2) is 30.3 Å². The summed E-state index contributed by atoms with van der Waals surface area (Å²) >= 11 is 0. The Balaban J connectivity index is 1.75. The third-order valence-corrected chi connectivity index (χ3v) is 5.50. The number of anilines is 3. The second-order valence-corrected chi connectivity index (χ2v) is 7.89. The first kappa shape index (κ1) is 22.1. The Morgan fingerprint density at radius 3 is 2.06 bits per heavy atom. The number of para-hydroxylation sites is 2. The zero-order chi connectivity index (χ0) is 22.5. The highest BCUT2D eigenvalue weighted by Gasteiger charge is 2.19. The average Bonchev–Trinajstić information content (AvgIpc) is 2.74. The predicted molar refractivity (Wildman–Crippen MR) is 127 cm³/mol. The Labute approximate surface area is 184 Å². The molecule has 0 atom stereocenters. The molecule has 3 aromatic carbocycles. The summed E-state index contributed by atoms with van der Waals surface area (Å²) in [6.07, 6.45) is 0. The summed E-state index contributed by atoms with van der Waals surface area (Å²) in [4.78, 5) is 27.2. The first-order valence-electron chi connectivity index (χ1n) is 10.3. The molecule has 5 heteroatoms. The minimum Gasteiger partial charge on any atom is -0.355 e. The molecule has 3 aromatic rings. The molecule has 0 saturated carbocycles. The normalized spacial score (nSPS) is 10.5. The lowest BCUT2D eigenvalue weighted by molar-refractivity contribution is -0.116. The van der Waals surface area contributed by atoms with Crippen molar-refractivity contribution in [2.45, 2.75) is 27.7 Å². The molecule has 0 aliphatic carbocycles. The molecule has 0 saturated heterocycles. The number of carbonyl (C=O) groups is 2. The van der Waals surface area contributed by atoms with Gasteiger partial charge in [0.15, 0.2) is 0 Å². The second kappa shape index (κ2) is 9.47. The first-order valence-corrected chi connectivity index (χ1v) is 10.3. The number of aryl methyl sites for hydroxylation is 3. The van der Waals surface area contributed by atoms with E-state index < -0.39 is 0 Å². The van der Waals surface area contributed by atoms with E-state index in [2.05, 4.69) is 23.6 Å². The maximum Gasteiger partial charge on any atom is 0.256 e. The van der Waals surface area contributed by atoms with Gasteiger partial charge in [0.1, 0.15) is 0 Å². The van der Waals surface area contributed by atoms with Gasteiger partial charge in [-0.1, -0.05) is 42.5 Å². The lowest BCUT2D eigenvalue weighted by Crippen LogP contribution is -2.35. The quantitative estimate of drug-likeness (QED) is 0.569. The van der Waals surface area contributed by atoms with Crippen molar-refractivity contribution in [2.75, 3.05) is 24.2 Å². The maximum absolute atomic E-state index is 13.1. The summed E-state index contributed by atoms with van der Waals surface area (Å²) in [5.41, 5.74) is 7.27. The van der Waals surface area contributed by atoms with Gasteiger partial charge in [0.25, 0.3) is 5.91 Å². The Bertz CT molecular complexity index is 1100. The third-order valence-electron chi connectivity index (χ3n) is 5.50. The van der Waals surface area contributed by atoms with Gasteiger partial charge in [-0.05, 0) is 68.1 Å². The lowest BCUT2D eigenvalue weighted by Gasteiger charge is -2.20. The van der Waals surface area contributed by atoms with Crippen molar-refractivity contribution in [1.82, 2.24) is 4.90 Å². The lowest BCUT2D eigenvalue weighted by atomic mass is 10.1. The Morgan fingerprint density at radius 1 is 0.774 bits per heavy atom. The van der Waals surface area contributed by atoms with E-state index in [4.69, 9.17) is 0 Å². The molecule has 2 amide bonds. The van der Waals surface area contributed by atoms with Crippen LogP contribution in [0.15, 0.2) is 60.7 Å². The first-order chi connectivity index (χ1) is 14.8. The van der Waals surface area contributed by atoms with Crippen LogP contribution in [0.4, 0.5) is 17.1 Å². The third kappa shape index (κ3) is 5.12. The van der Waals surface area contributed by atoms with Gasteiger partial charge in [-0.25, -0.2) is 0 Å². The summed E-state index contributed by atoms with van der Waals surface area (Å²) in [5.74, 6) is -0.446. The topological polar surface area (TPSA) is 61.4 Å². The van der Waals surface area contributed by atoms with Crippen molar-refractivity contribution in [3.63, 3.8) is 0 Å². The summed E-state index contributed by atoms with van der Waals surface area (Å²) in [6, 6.07) is 19.2. The van der Waals surface area contributed by atoms with Crippen molar-refractivity contribution in [3.05, 3.63) is 88.5 Å². The number of hydrogen-bond donors (Lipinski definition) is 2. The van der Waals surface area contributed by atoms with Crippen molar-refractivity contribution in [3.8, 4) is 0 Å². The Morgan fingerprint density at radius 2 is 1.35 bits per heavy atom. The summed E-state index contributed by atoms with van der Waals surface area (Å²) in [5, 5.41) is 6.31. The van der Waals surface area contributed by atoms with Crippen LogP contribution in [0.25, 0.3) is 0 Å². The van der Waals surface area contributed by atoms with E-state index in [-0.39, 0.29) is 18.4 Å².